The second-order valence-corrected chi connectivity index (χ2v) is 6.89. The van der Waals surface area contributed by atoms with E-state index in [1.165, 1.54) is 13.8 Å². The molecule has 0 saturated heterocycles. The van der Waals surface area contributed by atoms with E-state index >= 15 is 0 Å². The highest BCUT2D eigenvalue weighted by Crippen LogP contribution is 2.72. The SMILES string of the molecule is CCOP(=O)(OCC)C(F)(F)[C@H]1C[C@@H]1c1ccccc1. The second-order valence-electron chi connectivity index (χ2n) is 4.78. The van der Waals surface area contributed by atoms with Crippen molar-refractivity contribution in [3.05, 3.63) is 35.9 Å². The van der Waals surface area contributed by atoms with E-state index in [0.29, 0.717) is 6.42 Å². The zero-order chi connectivity index (χ0) is 14.8. The topological polar surface area (TPSA) is 35.5 Å². The third-order valence-corrected chi connectivity index (χ3v) is 5.69. The fourth-order valence-electron chi connectivity index (χ4n) is 2.40. The largest absolute Gasteiger partial charge is 0.399 e. The van der Waals surface area contributed by atoms with E-state index in [1.54, 1.807) is 0 Å². The minimum Gasteiger partial charge on any atom is -0.305 e. The summed E-state index contributed by atoms with van der Waals surface area (Å²) in [5, 5.41) is 0. The van der Waals surface area contributed by atoms with E-state index in [1.807, 2.05) is 30.3 Å². The normalized spacial score (nSPS) is 22.8. The predicted molar refractivity (Wildman–Crippen MR) is 73.1 cm³/mol. The third-order valence-electron chi connectivity index (χ3n) is 3.43. The Morgan fingerprint density at radius 1 is 1.20 bits per heavy atom. The number of hydrogen-bond acceptors (Lipinski definition) is 3. The first-order chi connectivity index (χ1) is 9.46. The van der Waals surface area contributed by atoms with Crippen molar-refractivity contribution >= 4 is 7.60 Å². The van der Waals surface area contributed by atoms with Crippen LogP contribution in [0.15, 0.2) is 30.3 Å². The molecule has 0 aromatic heterocycles. The zero-order valence-electron chi connectivity index (χ0n) is 11.6. The van der Waals surface area contributed by atoms with Crippen LogP contribution in [0.25, 0.3) is 0 Å². The van der Waals surface area contributed by atoms with Gasteiger partial charge in [0.05, 0.1) is 13.2 Å². The Balaban J connectivity index is 2.17. The Kier molecular flexibility index (Phi) is 4.62. The molecule has 0 radical (unpaired) electrons. The van der Waals surface area contributed by atoms with Gasteiger partial charge in [0, 0.05) is 5.92 Å². The van der Waals surface area contributed by atoms with Gasteiger partial charge in [0.1, 0.15) is 0 Å². The molecule has 0 spiro atoms. The van der Waals surface area contributed by atoms with Crippen LogP contribution in [0.5, 0.6) is 0 Å². The van der Waals surface area contributed by atoms with E-state index < -0.39 is 19.2 Å². The molecule has 2 atom stereocenters. The van der Waals surface area contributed by atoms with Crippen LogP contribution in [0.4, 0.5) is 8.78 Å². The molecule has 1 aromatic rings. The molecule has 20 heavy (non-hydrogen) atoms. The molecule has 0 unspecified atom stereocenters. The summed E-state index contributed by atoms with van der Waals surface area (Å²) >= 11 is 0. The maximum atomic E-state index is 14.5. The van der Waals surface area contributed by atoms with E-state index in [-0.39, 0.29) is 19.1 Å². The van der Waals surface area contributed by atoms with E-state index in [0.717, 1.165) is 5.56 Å². The molecule has 1 saturated carbocycles. The molecule has 1 aliphatic carbocycles. The molecule has 112 valence electrons. The molecule has 1 aromatic carbocycles. The van der Waals surface area contributed by atoms with Gasteiger partial charge in [-0.1, -0.05) is 30.3 Å². The summed E-state index contributed by atoms with van der Waals surface area (Å²) in [6.07, 6.45) is 0.307. The van der Waals surface area contributed by atoms with Gasteiger partial charge in [-0.05, 0) is 31.7 Å². The number of halogens is 2. The molecule has 0 bridgehead atoms. The molecule has 3 nitrogen and oxygen atoms in total. The van der Waals surface area contributed by atoms with Gasteiger partial charge in [-0.25, -0.2) is 0 Å². The molecule has 0 aliphatic heterocycles. The second kappa shape index (κ2) is 5.92. The maximum absolute atomic E-state index is 14.5. The Bertz CT molecular complexity index is 482. The van der Waals surface area contributed by atoms with Gasteiger partial charge in [0.15, 0.2) is 0 Å². The van der Waals surface area contributed by atoms with Crippen molar-refractivity contribution < 1.29 is 22.4 Å². The van der Waals surface area contributed by atoms with Crippen LogP contribution >= 0.6 is 7.60 Å². The molecular weight excluding hydrogens is 285 g/mol. The van der Waals surface area contributed by atoms with Crippen LogP contribution in [-0.4, -0.2) is 18.9 Å². The smallest absolute Gasteiger partial charge is 0.305 e. The van der Waals surface area contributed by atoms with Crippen LogP contribution < -0.4 is 0 Å². The standard InChI is InChI=1S/C14H19F2O3P/c1-3-18-20(17,19-4-2)14(15,16)13-10-12(13)11-8-6-5-7-9-11/h5-9,12-13H,3-4,10H2,1-2H3/t12-,13+/m1/s1. The number of benzene rings is 1. The molecule has 0 amide bonds. The minimum atomic E-state index is -4.41. The minimum absolute atomic E-state index is 0.0599. The van der Waals surface area contributed by atoms with Gasteiger partial charge in [-0.15, -0.1) is 0 Å². The third kappa shape index (κ3) is 2.80. The lowest BCUT2D eigenvalue weighted by Crippen LogP contribution is -2.23. The summed E-state index contributed by atoms with van der Waals surface area (Å²) in [5.41, 5.74) is -2.60. The lowest BCUT2D eigenvalue weighted by molar-refractivity contribution is 0.0181. The highest BCUT2D eigenvalue weighted by atomic mass is 31.2. The Labute approximate surface area is 117 Å². The average molecular weight is 304 g/mol. The number of alkyl halides is 2. The maximum Gasteiger partial charge on any atom is 0.399 e. The molecule has 0 N–H and O–H groups in total. The first-order valence-electron chi connectivity index (χ1n) is 6.78. The van der Waals surface area contributed by atoms with Gasteiger partial charge in [0.25, 0.3) is 0 Å². The van der Waals surface area contributed by atoms with Gasteiger partial charge in [-0.3, -0.25) is 4.57 Å². The molecule has 0 heterocycles. The van der Waals surface area contributed by atoms with Gasteiger partial charge >= 0.3 is 13.3 Å². The van der Waals surface area contributed by atoms with Crippen LogP contribution in [-0.2, 0) is 13.6 Å². The summed E-state index contributed by atoms with van der Waals surface area (Å²) in [5.74, 6) is -1.26. The Hall–Kier alpha value is -0.770. The van der Waals surface area contributed by atoms with Crippen LogP contribution in [0.3, 0.4) is 0 Å². The van der Waals surface area contributed by atoms with Crippen molar-refractivity contribution in [2.24, 2.45) is 5.92 Å². The summed E-state index contributed by atoms with van der Waals surface area (Å²) in [6.45, 7) is 2.94. The zero-order valence-corrected chi connectivity index (χ0v) is 12.5. The highest BCUT2D eigenvalue weighted by Gasteiger charge is 2.66. The quantitative estimate of drug-likeness (QED) is 0.688. The Morgan fingerprint density at radius 3 is 2.25 bits per heavy atom. The van der Waals surface area contributed by atoms with E-state index in [4.69, 9.17) is 9.05 Å². The predicted octanol–water partition coefficient (Wildman–Crippen LogP) is 4.65. The monoisotopic (exact) mass is 304 g/mol. The van der Waals surface area contributed by atoms with Crippen molar-refractivity contribution in [1.82, 2.24) is 0 Å². The average Bonchev–Trinajstić information content (AvgIpc) is 3.21. The van der Waals surface area contributed by atoms with Crippen molar-refractivity contribution in [3.8, 4) is 0 Å². The summed E-state index contributed by atoms with van der Waals surface area (Å²) < 4.78 is 50.8. The van der Waals surface area contributed by atoms with Gasteiger partial charge in [-0.2, -0.15) is 8.78 Å². The Morgan fingerprint density at radius 2 is 1.75 bits per heavy atom. The lowest BCUT2D eigenvalue weighted by Gasteiger charge is -2.26. The summed E-state index contributed by atoms with van der Waals surface area (Å²) in [6, 6.07) is 9.09. The molecule has 6 heteroatoms. The number of rotatable bonds is 7. The van der Waals surface area contributed by atoms with E-state index in [2.05, 4.69) is 0 Å². The van der Waals surface area contributed by atoms with Gasteiger partial charge < -0.3 is 9.05 Å². The van der Waals surface area contributed by atoms with Crippen molar-refractivity contribution in [1.29, 1.82) is 0 Å². The molecule has 2 rings (SSSR count). The first kappa shape index (κ1) is 15.6. The first-order valence-corrected chi connectivity index (χ1v) is 8.32. The van der Waals surface area contributed by atoms with Crippen molar-refractivity contribution in [2.45, 2.75) is 31.8 Å². The van der Waals surface area contributed by atoms with Crippen LogP contribution in [0.1, 0.15) is 31.7 Å². The van der Waals surface area contributed by atoms with Crippen LogP contribution in [0, 0.1) is 5.92 Å². The fraction of sp³-hybridized carbons (Fsp3) is 0.571. The van der Waals surface area contributed by atoms with Crippen molar-refractivity contribution in [2.75, 3.05) is 13.2 Å². The fourth-order valence-corrected chi connectivity index (χ4v) is 4.19. The molecule has 1 fully saturated rings. The van der Waals surface area contributed by atoms with E-state index in [9.17, 15) is 13.3 Å². The van der Waals surface area contributed by atoms with Gasteiger partial charge in [0.2, 0.25) is 0 Å². The summed E-state index contributed by atoms with van der Waals surface area (Å²) in [4.78, 5) is 0. The number of hydrogen-bond donors (Lipinski definition) is 0. The lowest BCUT2D eigenvalue weighted by atomic mass is 10.1. The van der Waals surface area contributed by atoms with Crippen molar-refractivity contribution in [3.63, 3.8) is 0 Å². The highest BCUT2D eigenvalue weighted by molar-refractivity contribution is 7.55. The molecule has 1 aliphatic rings. The molecular formula is C14H19F2O3P. The van der Waals surface area contributed by atoms with Crippen LogP contribution in [0.2, 0.25) is 0 Å². The summed E-state index contributed by atoms with van der Waals surface area (Å²) in [7, 11) is -4.41.